The number of ether oxygens (including phenoxy) is 1. The highest BCUT2D eigenvalue weighted by Crippen LogP contribution is 2.30. The van der Waals surface area contributed by atoms with Crippen molar-refractivity contribution >= 4 is 27.4 Å². The summed E-state index contributed by atoms with van der Waals surface area (Å²) in [5.41, 5.74) is 5.17. The van der Waals surface area contributed by atoms with Crippen molar-refractivity contribution in [2.75, 3.05) is 10.0 Å². The Morgan fingerprint density at radius 2 is 1.68 bits per heavy atom. The van der Waals surface area contributed by atoms with Gasteiger partial charge in [0.2, 0.25) is 0 Å². The van der Waals surface area contributed by atoms with Crippen molar-refractivity contribution < 1.29 is 31.1 Å². The number of hydrogen-bond donors (Lipinski definition) is 3. The molecule has 2 aromatic carbocycles. The highest BCUT2D eigenvalue weighted by atomic mass is 32.2. The van der Waals surface area contributed by atoms with Crippen LogP contribution in [-0.2, 0) is 10.0 Å². The zero-order valence-electron chi connectivity index (χ0n) is 12.4. The standard InChI is InChI=1S/C14H12F3N3O4S/c15-14(16,17)24-11-6-1-2-7-12(11)25(22,23)20-10-5-3-4-9(8-10)19-13(18)21/h1-8,20H,(H3,18,19,21). The molecule has 0 heterocycles. The second-order valence-corrected chi connectivity index (χ2v) is 6.32. The number of carbonyl (C=O) groups is 1. The van der Waals surface area contributed by atoms with Crippen molar-refractivity contribution in [1.29, 1.82) is 0 Å². The molecular weight excluding hydrogens is 363 g/mol. The largest absolute Gasteiger partial charge is 0.573 e. The quantitative estimate of drug-likeness (QED) is 0.746. The number of amides is 2. The van der Waals surface area contributed by atoms with Crippen molar-refractivity contribution in [3.8, 4) is 5.75 Å². The lowest BCUT2D eigenvalue weighted by molar-refractivity contribution is -0.275. The van der Waals surface area contributed by atoms with E-state index in [1.165, 1.54) is 36.4 Å². The summed E-state index contributed by atoms with van der Waals surface area (Å²) in [6, 6.07) is 8.91. The van der Waals surface area contributed by atoms with Gasteiger partial charge in [0.05, 0.1) is 5.69 Å². The number of rotatable bonds is 5. The van der Waals surface area contributed by atoms with Crippen LogP contribution >= 0.6 is 0 Å². The molecular formula is C14H12F3N3O4S. The maximum atomic E-state index is 12.4. The van der Waals surface area contributed by atoms with E-state index in [0.29, 0.717) is 0 Å². The van der Waals surface area contributed by atoms with Gasteiger partial charge in [-0.2, -0.15) is 0 Å². The van der Waals surface area contributed by atoms with Crippen molar-refractivity contribution in [3.63, 3.8) is 0 Å². The van der Waals surface area contributed by atoms with E-state index in [-0.39, 0.29) is 11.4 Å². The van der Waals surface area contributed by atoms with Crippen LogP contribution < -0.4 is 20.5 Å². The zero-order valence-corrected chi connectivity index (χ0v) is 13.2. The molecule has 0 fully saturated rings. The fourth-order valence-corrected chi connectivity index (χ4v) is 3.07. The fraction of sp³-hybridized carbons (Fsp3) is 0.0714. The first kappa shape index (κ1) is 18.4. The number of nitrogens with two attached hydrogens (primary N) is 1. The summed E-state index contributed by atoms with van der Waals surface area (Å²) in [6.07, 6.45) is -5.04. The van der Waals surface area contributed by atoms with Crippen molar-refractivity contribution in [3.05, 3.63) is 48.5 Å². The summed E-state index contributed by atoms with van der Waals surface area (Å²) in [6.45, 7) is 0. The molecule has 0 saturated heterocycles. The average molecular weight is 375 g/mol. The minimum atomic E-state index is -5.04. The molecule has 2 rings (SSSR count). The van der Waals surface area contributed by atoms with Gasteiger partial charge in [-0.25, -0.2) is 13.2 Å². The van der Waals surface area contributed by atoms with E-state index in [1.54, 1.807) is 0 Å². The molecule has 0 aliphatic heterocycles. The van der Waals surface area contributed by atoms with Crippen LogP contribution in [0.5, 0.6) is 5.75 Å². The third-order valence-electron chi connectivity index (χ3n) is 2.75. The highest BCUT2D eigenvalue weighted by molar-refractivity contribution is 7.92. The predicted octanol–water partition coefficient (Wildman–Crippen LogP) is 2.88. The van der Waals surface area contributed by atoms with Gasteiger partial charge in [0.1, 0.15) is 10.6 Å². The van der Waals surface area contributed by atoms with E-state index in [4.69, 9.17) is 5.73 Å². The molecule has 0 saturated carbocycles. The molecule has 0 atom stereocenters. The Balaban J connectivity index is 2.33. The number of nitrogens with one attached hydrogen (secondary N) is 2. The SMILES string of the molecule is NC(=O)Nc1cccc(NS(=O)(=O)c2ccccc2OC(F)(F)F)c1. The molecule has 11 heteroatoms. The highest BCUT2D eigenvalue weighted by Gasteiger charge is 2.34. The summed E-state index contributed by atoms with van der Waals surface area (Å²) in [7, 11) is -4.38. The molecule has 25 heavy (non-hydrogen) atoms. The third-order valence-corrected chi connectivity index (χ3v) is 4.17. The third kappa shape index (κ3) is 5.28. The smallest absolute Gasteiger partial charge is 0.404 e. The Morgan fingerprint density at radius 3 is 2.32 bits per heavy atom. The molecule has 0 spiro atoms. The summed E-state index contributed by atoms with van der Waals surface area (Å²) >= 11 is 0. The topological polar surface area (TPSA) is 111 Å². The first-order chi connectivity index (χ1) is 11.6. The summed E-state index contributed by atoms with van der Waals surface area (Å²) in [5, 5.41) is 2.24. The predicted molar refractivity (Wildman–Crippen MR) is 83.6 cm³/mol. The molecule has 0 aliphatic rings. The molecule has 134 valence electrons. The summed E-state index contributed by atoms with van der Waals surface area (Å²) in [5.74, 6) is -0.867. The van der Waals surface area contributed by atoms with Gasteiger partial charge in [0, 0.05) is 5.69 Å². The molecule has 7 nitrogen and oxygen atoms in total. The Morgan fingerprint density at radius 1 is 1.04 bits per heavy atom. The molecule has 2 aromatic rings. The maximum absolute atomic E-state index is 12.4. The van der Waals surface area contributed by atoms with E-state index in [9.17, 15) is 26.4 Å². The minimum absolute atomic E-state index is 0.00746. The minimum Gasteiger partial charge on any atom is -0.404 e. The van der Waals surface area contributed by atoms with Gasteiger partial charge in [0.25, 0.3) is 10.0 Å². The van der Waals surface area contributed by atoms with E-state index in [0.717, 1.165) is 12.1 Å². The average Bonchev–Trinajstić information content (AvgIpc) is 2.45. The van der Waals surface area contributed by atoms with Gasteiger partial charge in [0.15, 0.2) is 0 Å². The summed E-state index contributed by atoms with van der Waals surface area (Å²) < 4.78 is 67.9. The van der Waals surface area contributed by atoms with Gasteiger partial charge in [-0.05, 0) is 30.3 Å². The second-order valence-electron chi connectivity index (χ2n) is 4.67. The lowest BCUT2D eigenvalue weighted by atomic mass is 10.3. The van der Waals surface area contributed by atoms with Gasteiger partial charge in [-0.3, -0.25) is 4.72 Å². The lowest BCUT2D eigenvalue weighted by Gasteiger charge is -2.14. The Bertz CT molecular complexity index is 885. The molecule has 0 aliphatic carbocycles. The normalized spacial score (nSPS) is 11.6. The number of hydrogen-bond acceptors (Lipinski definition) is 4. The molecule has 0 aromatic heterocycles. The van der Waals surface area contributed by atoms with E-state index in [1.807, 2.05) is 0 Å². The number of alkyl halides is 3. The molecule has 4 N–H and O–H groups in total. The summed E-state index contributed by atoms with van der Waals surface area (Å²) in [4.78, 5) is 10.1. The van der Waals surface area contributed by atoms with Crippen molar-refractivity contribution in [1.82, 2.24) is 0 Å². The zero-order chi connectivity index (χ0) is 18.7. The molecule has 0 radical (unpaired) electrons. The van der Waals surface area contributed by atoms with Crippen LogP contribution in [0.25, 0.3) is 0 Å². The van der Waals surface area contributed by atoms with Crippen molar-refractivity contribution in [2.45, 2.75) is 11.3 Å². The number of sulfonamides is 1. The van der Waals surface area contributed by atoms with Crippen LogP contribution in [0.1, 0.15) is 0 Å². The van der Waals surface area contributed by atoms with Gasteiger partial charge in [-0.1, -0.05) is 18.2 Å². The van der Waals surface area contributed by atoms with E-state index in [2.05, 4.69) is 14.8 Å². The lowest BCUT2D eigenvalue weighted by Crippen LogP contribution is -2.21. The number of halogens is 3. The molecule has 0 unspecified atom stereocenters. The van der Waals surface area contributed by atoms with Gasteiger partial charge in [-0.15, -0.1) is 13.2 Å². The van der Waals surface area contributed by atoms with Crippen molar-refractivity contribution in [2.24, 2.45) is 5.73 Å². The molecule has 0 bridgehead atoms. The number of anilines is 2. The second kappa shape index (κ2) is 6.89. The van der Waals surface area contributed by atoms with Crippen LogP contribution in [0, 0.1) is 0 Å². The van der Waals surface area contributed by atoms with Crippen LogP contribution in [0.2, 0.25) is 0 Å². The van der Waals surface area contributed by atoms with Crippen LogP contribution in [0.4, 0.5) is 29.3 Å². The number of benzene rings is 2. The Kier molecular flexibility index (Phi) is 5.07. The van der Waals surface area contributed by atoms with E-state index < -0.39 is 33.1 Å². The monoisotopic (exact) mass is 375 g/mol. The van der Waals surface area contributed by atoms with Crippen LogP contribution in [-0.4, -0.2) is 20.8 Å². The van der Waals surface area contributed by atoms with Crippen LogP contribution in [0.3, 0.4) is 0 Å². The molecule has 2 amide bonds. The first-order valence-corrected chi connectivity index (χ1v) is 8.09. The van der Waals surface area contributed by atoms with Crippen LogP contribution in [0.15, 0.2) is 53.4 Å². The fourth-order valence-electron chi connectivity index (χ4n) is 1.89. The first-order valence-electron chi connectivity index (χ1n) is 6.61. The van der Waals surface area contributed by atoms with Gasteiger partial charge >= 0.3 is 12.4 Å². The van der Waals surface area contributed by atoms with Gasteiger partial charge < -0.3 is 15.8 Å². The number of primary amides is 1. The number of urea groups is 1. The van der Waals surface area contributed by atoms with E-state index >= 15 is 0 Å². The Labute approximate surface area is 140 Å². The Hall–Kier alpha value is -2.95. The number of carbonyl (C=O) groups excluding carboxylic acids is 1. The number of para-hydroxylation sites is 1. The maximum Gasteiger partial charge on any atom is 0.573 e.